The molecule has 0 aliphatic rings. The SMILES string of the molecule is Cc1cc(CNC(=O)NCc2ccccc2-c2ccc(Cn3ccnc3)cc2)c(C)o1. The van der Waals surface area contributed by atoms with Crippen molar-refractivity contribution < 1.29 is 9.21 Å². The van der Waals surface area contributed by atoms with Gasteiger partial charge < -0.3 is 19.6 Å². The molecular weight excluding hydrogens is 388 g/mol. The Morgan fingerprint density at radius 1 is 1.00 bits per heavy atom. The molecule has 2 aromatic heterocycles. The summed E-state index contributed by atoms with van der Waals surface area (Å²) < 4.78 is 7.54. The summed E-state index contributed by atoms with van der Waals surface area (Å²) in [6, 6.07) is 18.4. The van der Waals surface area contributed by atoms with Crippen molar-refractivity contribution >= 4 is 6.03 Å². The predicted molar refractivity (Wildman–Crippen MR) is 120 cm³/mol. The van der Waals surface area contributed by atoms with Gasteiger partial charge in [0.2, 0.25) is 0 Å². The summed E-state index contributed by atoms with van der Waals surface area (Å²) in [7, 11) is 0. The number of rotatable bonds is 7. The van der Waals surface area contributed by atoms with E-state index in [1.54, 1.807) is 6.20 Å². The van der Waals surface area contributed by atoms with E-state index in [1.165, 1.54) is 5.56 Å². The zero-order valence-electron chi connectivity index (χ0n) is 17.8. The Labute approximate surface area is 181 Å². The molecule has 0 saturated heterocycles. The largest absolute Gasteiger partial charge is 0.466 e. The summed E-state index contributed by atoms with van der Waals surface area (Å²) in [6.45, 7) is 5.48. The number of nitrogens with zero attached hydrogens (tertiary/aromatic N) is 2. The molecule has 2 amide bonds. The summed E-state index contributed by atoms with van der Waals surface area (Å²) in [5.74, 6) is 1.68. The molecule has 2 heterocycles. The Kier molecular flexibility index (Phi) is 6.17. The van der Waals surface area contributed by atoms with Crippen molar-refractivity contribution in [3.05, 3.63) is 102 Å². The van der Waals surface area contributed by atoms with Gasteiger partial charge >= 0.3 is 6.03 Å². The highest BCUT2D eigenvalue weighted by Gasteiger charge is 2.09. The Balaban J connectivity index is 1.38. The normalized spacial score (nSPS) is 10.8. The third kappa shape index (κ3) is 5.22. The molecule has 0 aliphatic heterocycles. The molecule has 0 spiro atoms. The van der Waals surface area contributed by atoms with Gasteiger partial charge in [0.25, 0.3) is 0 Å². The average molecular weight is 415 g/mol. The third-order valence-electron chi connectivity index (χ3n) is 5.23. The van der Waals surface area contributed by atoms with Crippen molar-refractivity contribution in [2.45, 2.75) is 33.5 Å². The molecule has 31 heavy (non-hydrogen) atoms. The number of aryl methyl sites for hydroxylation is 2. The topological polar surface area (TPSA) is 72.1 Å². The lowest BCUT2D eigenvalue weighted by atomic mass is 9.98. The predicted octanol–water partition coefficient (Wildman–Crippen LogP) is 4.81. The highest BCUT2D eigenvalue weighted by atomic mass is 16.3. The van der Waals surface area contributed by atoms with E-state index in [4.69, 9.17) is 4.42 Å². The van der Waals surface area contributed by atoms with Gasteiger partial charge in [0.15, 0.2) is 0 Å². The van der Waals surface area contributed by atoms with Crippen molar-refractivity contribution in [2.75, 3.05) is 0 Å². The van der Waals surface area contributed by atoms with Gasteiger partial charge in [-0.15, -0.1) is 0 Å². The highest BCUT2D eigenvalue weighted by molar-refractivity contribution is 5.75. The second-order valence-electron chi connectivity index (χ2n) is 7.56. The monoisotopic (exact) mass is 414 g/mol. The van der Waals surface area contributed by atoms with Crippen molar-refractivity contribution in [3.8, 4) is 11.1 Å². The number of carbonyl (C=O) groups excluding carboxylic acids is 1. The molecule has 0 unspecified atom stereocenters. The number of aromatic nitrogens is 2. The molecule has 2 N–H and O–H groups in total. The third-order valence-corrected chi connectivity index (χ3v) is 5.23. The number of urea groups is 1. The van der Waals surface area contributed by atoms with Gasteiger partial charge in [-0.05, 0) is 42.2 Å². The van der Waals surface area contributed by atoms with Crippen LogP contribution in [0.15, 0.2) is 77.7 Å². The fraction of sp³-hybridized carbons (Fsp3) is 0.200. The fourth-order valence-corrected chi connectivity index (χ4v) is 3.61. The number of benzene rings is 2. The fourth-order valence-electron chi connectivity index (χ4n) is 3.61. The Morgan fingerprint density at radius 2 is 1.74 bits per heavy atom. The first-order valence-corrected chi connectivity index (χ1v) is 10.3. The van der Waals surface area contributed by atoms with Crippen molar-refractivity contribution in [3.63, 3.8) is 0 Å². The van der Waals surface area contributed by atoms with E-state index in [0.717, 1.165) is 40.3 Å². The van der Waals surface area contributed by atoms with Crippen LogP contribution in [0.3, 0.4) is 0 Å². The van der Waals surface area contributed by atoms with E-state index in [1.807, 2.05) is 55.2 Å². The van der Waals surface area contributed by atoms with E-state index >= 15 is 0 Å². The summed E-state index contributed by atoms with van der Waals surface area (Å²) in [5.41, 5.74) is 5.50. The van der Waals surface area contributed by atoms with Crippen LogP contribution in [0.2, 0.25) is 0 Å². The summed E-state index contributed by atoms with van der Waals surface area (Å²) in [6.07, 6.45) is 5.55. The number of nitrogens with one attached hydrogen (secondary N) is 2. The highest BCUT2D eigenvalue weighted by Crippen LogP contribution is 2.24. The van der Waals surface area contributed by atoms with E-state index < -0.39 is 0 Å². The Morgan fingerprint density at radius 3 is 2.42 bits per heavy atom. The van der Waals surface area contributed by atoms with Crippen LogP contribution in [0.25, 0.3) is 11.1 Å². The van der Waals surface area contributed by atoms with E-state index in [9.17, 15) is 4.79 Å². The van der Waals surface area contributed by atoms with Crippen LogP contribution >= 0.6 is 0 Å². The number of amides is 2. The maximum atomic E-state index is 12.3. The molecule has 6 nitrogen and oxygen atoms in total. The number of imidazole rings is 1. The number of hydrogen-bond acceptors (Lipinski definition) is 3. The van der Waals surface area contributed by atoms with Crippen molar-refractivity contribution in [2.24, 2.45) is 0 Å². The van der Waals surface area contributed by atoms with Crippen LogP contribution in [0, 0.1) is 13.8 Å². The molecule has 6 heteroatoms. The summed E-state index contributed by atoms with van der Waals surface area (Å²) in [4.78, 5) is 16.4. The van der Waals surface area contributed by atoms with E-state index in [-0.39, 0.29) is 6.03 Å². The summed E-state index contributed by atoms with van der Waals surface area (Å²) >= 11 is 0. The first-order chi connectivity index (χ1) is 15.1. The molecule has 0 bridgehead atoms. The maximum Gasteiger partial charge on any atom is 0.315 e. The van der Waals surface area contributed by atoms with E-state index in [0.29, 0.717) is 13.1 Å². The molecule has 4 rings (SSSR count). The van der Waals surface area contributed by atoms with Gasteiger partial charge in [-0.1, -0.05) is 48.5 Å². The smallest absolute Gasteiger partial charge is 0.315 e. The standard InChI is InChI=1S/C25H26N4O2/c1-18-13-23(19(2)31-18)15-28-25(30)27-14-22-5-3-4-6-24(22)21-9-7-20(8-10-21)16-29-12-11-26-17-29/h3-13,17H,14-16H2,1-2H3,(H2,27,28,30). The van der Waals surface area contributed by atoms with Gasteiger partial charge in [-0.3, -0.25) is 0 Å². The molecular formula is C25H26N4O2. The molecule has 0 saturated carbocycles. The quantitative estimate of drug-likeness (QED) is 0.456. The molecule has 2 aromatic carbocycles. The van der Waals surface area contributed by atoms with Crippen LogP contribution in [-0.4, -0.2) is 15.6 Å². The van der Waals surface area contributed by atoms with Crippen LogP contribution in [0.4, 0.5) is 4.79 Å². The Hall–Kier alpha value is -3.80. The maximum absolute atomic E-state index is 12.3. The number of furan rings is 1. The molecule has 0 fully saturated rings. The molecule has 0 atom stereocenters. The minimum Gasteiger partial charge on any atom is -0.466 e. The van der Waals surface area contributed by atoms with Crippen LogP contribution in [-0.2, 0) is 19.6 Å². The molecule has 0 radical (unpaired) electrons. The lowest BCUT2D eigenvalue weighted by Crippen LogP contribution is -2.34. The van der Waals surface area contributed by atoms with Crippen molar-refractivity contribution in [1.82, 2.24) is 20.2 Å². The lowest BCUT2D eigenvalue weighted by molar-refractivity contribution is 0.240. The van der Waals surface area contributed by atoms with Crippen LogP contribution in [0.5, 0.6) is 0 Å². The van der Waals surface area contributed by atoms with E-state index in [2.05, 4.69) is 45.9 Å². The van der Waals surface area contributed by atoms with Gasteiger partial charge in [-0.25, -0.2) is 9.78 Å². The average Bonchev–Trinajstić information content (AvgIpc) is 3.40. The molecule has 4 aromatic rings. The number of carbonyl (C=O) groups is 1. The van der Waals surface area contributed by atoms with Gasteiger partial charge in [0.1, 0.15) is 11.5 Å². The molecule has 158 valence electrons. The Bertz CT molecular complexity index is 1140. The minimum atomic E-state index is -0.205. The van der Waals surface area contributed by atoms with Gasteiger partial charge in [0.05, 0.1) is 6.33 Å². The zero-order valence-corrected chi connectivity index (χ0v) is 17.8. The van der Waals surface area contributed by atoms with Crippen LogP contribution in [0.1, 0.15) is 28.2 Å². The minimum absolute atomic E-state index is 0.205. The first-order valence-electron chi connectivity index (χ1n) is 10.3. The molecule has 0 aliphatic carbocycles. The van der Waals surface area contributed by atoms with Crippen LogP contribution < -0.4 is 10.6 Å². The second-order valence-corrected chi connectivity index (χ2v) is 7.56. The number of hydrogen-bond donors (Lipinski definition) is 2. The van der Waals surface area contributed by atoms with Crippen molar-refractivity contribution in [1.29, 1.82) is 0 Å². The first kappa shape index (κ1) is 20.5. The lowest BCUT2D eigenvalue weighted by Gasteiger charge is -2.12. The zero-order chi connectivity index (χ0) is 21.6. The van der Waals surface area contributed by atoms with Gasteiger partial charge in [0, 0.05) is 37.6 Å². The second kappa shape index (κ2) is 9.34. The van der Waals surface area contributed by atoms with Gasteiger partial charge in [-0.2, -0.15) is 0 Å². The summed E-state index contributed by atoms with van der Waals surface area (Å²) in [5, 5.41) is 5.85.